The van der Waals surface area contributed by atoms with Gasteiger partial charge in [0.25, 0.3) is 5.91 Å². The van der Waals surface area contributed by atoms with Crippen LogP contribution < -0.4 is 5.32 Å². The van der Waals surface area contributed by atoms with E-state index in [0.717, 1.165) is 0 Å². The van der Waals surface area contributed by atoms with Gasteiger partial charge in [-0.2, -0.15) is 0 Å². The van der Waals surface area contributed by atoms with Crippen LogP contribution in [0.2, 0.25) is 0 Å². The lowest BCUT2D eigenvalue weighted by molar-refractivity contribution is 0.102. The Morgan fingerprint density at radius 2 is 1.76 bits per heavy atom. The quantitative estimate of drug-likeness (QED) is 0.700. The summed E-state index contributed by atoms with van der Waals surface area (Å²) < 4.78 is 14.4. The first-order chi connectivity index (χ1) is 10.1. The molecule has 3 nitrogen and oxygen atoms in total. The number of carbonyl (C=O) groups is 1. The number of nitrogens with zero attached hydrogens (tertiary/aromatic N) is 1. The molecule has 3 rings (SSSR count). The van der Waals surface area contributed by atoms with Crippen LogP contribution in [-0.2, 0) is 0 Å². The monoisotopic (exact) mass is 344 g/mol. The molecule has 0 radical (unpaired) electrons. The number of amides is 1. The van der Waals surface area contributed by atoms with Gasteiger partial charge in [-0.1, -0.05) is 30.3 Å². The van der Waals surface area contributed by atoms with Crippen molar-refractivity contribution in [2.45, 2.75) is 0 Å². The van der Waals surface area contributed by atoms with Crippen LogP contribution in [0.4, 0.5) is 10.2 Å². The third-order valence-corrected chi connectivity index (χ3v) is 3.51. The molecule has 1 aromatic heterocycles. The van der Waals surface area contributed by atoms with E-state index < -0.39 is 0 Å². The van der Waals surface area contributed by atoms with Gasteiger partial charge in [-0.3, -0.25) is 4.79 Å². The molecule has 0 aliphatic heterocycles. The lowest BCUT2D eigenvalue weighted by atomic mass is 10.0. The Labute approximate surface area is 128 Å². The van der Waals surface area contributed by atoms with E-state index in [9.17, 15) is 9.18 Å². The first-order valence-electron chi connectivity index (χ1n) is 6.26. The summed E-state index contributed by atoms with van der Waals surface area (Å²) >= 11 is 3.25. The summed E-state index contributed by atoms with van der Waals surface area (Å²) in [5, 5.41) is 3.71. The van der Waals surface area contributed by atoms with E-state index in [1.165, 1.54) is 12.1 Å². The summed E-state index contributed by atoms with van der Waals surface area (Å²) in [6.07, 6.45) is 0. The van der Waals surface area contributed by atoms with Crippen LogP contribution in [0, 0.1) is 5.82 Å². The number of hydrogen-bond donors (Lipinski definition) is 1. The third-order valence-electron chi connectivity index (χ3n) is 3.07. The number of hydrogen-bond acceptors (Lipinski definition) is 2. The van der Waals surface area contributed by atoms with Crippen LogP contribution in [0.3, 0.4) is 0 Å². The fourth-order valence-corrected chi connectivity index (χ4v) is 2.47. The largest absolute Gasteiger partial charge is 0.307 e. The van der Waals surface area contributed by atoms with Crippen LogP contribution >= 0.6 is 15.9 Å². The Morgan fingerprint density at radius 1 is 1.00 bits per heavy atom. The summed E-state index contributed by atoms with van der Waals surface area (Å²) in [7, 11) is 0. The van der Waals surface area contributed by atoms with Crippen LogP contribution in [0.1, 0.15) is 10.4 Å². The number of rotatable bonds is 2. The topological polar surface area (TPSA) is 42.0 Å². The van der Waals surface area contributed by atoms with Gasteiger partial charge in [0, 0.05) is 10.9 Å². The molecule has 0 saturated carbocycles. The molecule has 104 valence electrons. The van der Waals surface area contributed by atoms with Crippen molar-refractivity contribution in [3.8, 4) is 0 Å². The molecule has 0 fully saturated rings. The maximum Gasteiger partial charge on any atom is 0.257 e. The Morgan fingerprint density at radius 3 is 2.52 bits per heavy atom. The highest BCUT2D eigenvalue weighted by Gasteiger charge is 2.13. The molecule has 5 heteroatoms. The zero-order valence-corrected chi connectivity index (χ0v) is 12.4. The second-order valence-electron chi connectivity index (χ2n) is 4.44. The van der Waals surface area contributed by atoms with Gasteiger partial charge in [0.15, 0.2) is 0 Å². The minimum absolute atomic E-state index is 0.322. The molecule has 2 aromatic carbocycles. The third kappa shape index (κ3) is 2.78. The zero-order chi connectivity index (χ0) is 14.8. The first kappa shape index (κ1) is 13.7. The van der Waals surface area contributed by atoms with Gasteiger partial charge < -0.3 is 5.32 Å². The average Bonchev–Trinajstić information content (AvgIpc) is 2.48. The van der Waals surface area contributed by atoms with Crippen molar-refractivity contribution >= 4 is 38.4 Å². The summed E-state index contributed by atoms with van der Waals surface area (Å²) in [5.41, 5.74) is 0.411. The van der Waals surface area contributed by atoms with E-state index in [1.807, 2.05) is 0 Å². The second-order valence-corrected chi connectivity index (χ2v) is 5.25. The van der Waals surface area contributed by atoms with Crippen molar-refractivity contribution < 1.29 is 9.18 Å². The number of carbonyl (C=O) groups excluding carboxylic acids is 1. The van der Waals surface area contributed by atoms with E-state index >= 15 is 0 Å². The maximum absolute atomic E-state index is 13.8. The van der Waals surface area contributed by atoms with Crippen molar-refractivity contribution in [2.75, 3.05) is 5.32 Å². The van der Waals surface area contributed by atoms with Gasteiger partial charge in [-0.25, -0.2) is 9.37 Å². The van der Waals surface area contributed by atoms with Crippen LogP contribution in [-0.4, -0.2) is 10.9 Å². The van der Waals surface area contributed by atoms with Gasteiger partial charge in [0.1, 0.15) is 16.2 Å². The average molecular weight is 345 g/mol. The molecule has 0 unspecified atom stereocenters. The van der Waals surface area contributed by atoms with E-state index in [2.05, 4.69) is 26.2 Å². The van der Waals surface area contributed by atoms with Gasteiger partial charge in [0.2, 0.25) is 0 Å². The normalized spacial score (nSPS) is 10.6. The molecule has 1 N–H and O–H groups in total. The van der Waals surface area contributed by atoms with Crippen molar-refractivity contribution in [2.24, 2.45) is 0 Å². The first-order valence-corrected chi connectivity index (χ1v) is 7.05. The predicted octanol–water partition coefficient (Wildman–Crippen LogP) is 4.39. The molecule has 0 aliphatic carbocycles. The number of fused-ring (bicyclic) bond motifs is 1. The Balaban J connectivity index is 2.01. The predicted molar refractivity (Wildman–Crippen MR) is 83.8 cm³/mol. The van der Waals surface area contributed by atoms with Crippen molar-refractivity contribution in [1.82, 2.24) is 4.98 Å². The number of nitrogens with one attached hydrogen (secondary N) is 1. The van der Waals surface area contributed by atoms with E-state index in [1.54, 1.807) is 42.5 Å². The number of halogens is 2. The van der Waals surface area contributed by atoms with E-state index in [0.29, 0.717) is 26.8 Å². The molecule has 1 heterocycles. The summed E-state index contributed by atoms with van der Waals surface area (Å²) in [4.78, 5) is 16.5. The van der Waals surface area contributed by atoms with E-state index in [-0.39, 0.29) is 11.7 Å². The lowest BCUT2D eigenvalue weighted by Gasteiger charge is -2.08. The molecule has 21 heavy (non-hydrogen) atoms. The number of aromatic nitrogens is 1. The molecular formula is C16H10BrFN2O. The SMILES string of the molecule is O=C(Nc1cccc(Br)n1)c1ccc(F)c2ccccc12. The fourth-order valence-electron chi connectivity index (χ4n) is 2.12. The van der Waals surface area contributed by atoms with E-state index in [4.69, 9.17) is 0 Å². The molecule has 0 bridgehead atoms. The highest BCUT2D eigenvalue weighted by molar-refractivity contribution is 9.10. The van der Waals surface area contributed by atoms with Crippen molar-refractivity contribution in [1.29, 1.82) is 0 Å². The molecule has 0 atom stereocenters. The minimum Gasteiger partial charge on any atom is -0.307 e. The van der Waals surface area contributed by atoms with Gasteiger partial charge in [0.05, 0.1) is 0 Å². The Hall–Kier alpha value is -2.27. The fraction of sp³-hybridized carbons (Fsp3) is 0. The number of benzene rings is 2. The van der Waals surface area contributed by atoms with Gasteiger partial charge in [-0.15, -0.1) is 0 Å². The highest BCUT2D eigenvalue weighted by atomic mass is 79.9. The summed E-state index contributed by atoms with van der Waals surface area (Å²) in [5.74, 6) is -0.234. The molecule has 0 aliphatic rings. The Kier molecular flexibility index (Phi) is 3.66. The maximum atomic E-state index is 13.8. The van der Waals surface area contributed by atoms with Crippen molar-refractivity contribution in [3.05, 3.63) is 70.6 Å². The molecule has 3 aromatic rings. The van der Waals surface area contributed by atoms with Crippen LogP contribution in [0.25, 0.3) is 10.8 Å². The molecular weight excluding hydrogens is 335 g/mol. The smallest absolute Gasteiger partial charge is 0.257 e. The second kappa shape index (κ2) is 5.61. The van der Waals surface area contributed by atoms with Gasteiger partial charge >= 0.3 is 0 Å². The standard InChI is InChI=1S/C16H10BrFN2O/c17-14-6-3-7-15(19-14)20-16(21)12-8-9-13(18)11-5-2-1-4-10(11)12/h1-9H,(H,19,20,21). The summed E-state index contributed by atoms with van der Waals surface area (Å²) in [6, 6.07) is 14.9. The number of anilines is 1. The summed E-state index contributed by atoms with van der Waals surface area (Å²) in [6.45, 7) is 0. The highest BCUT2D eigenvalue weighted by Crippen LogP contribution is 2.22. The lowest BCUT2D eigenvalue weighted by Crippen LogP contribution is -2.13. The van der Waals surface area contributed by atoms with Crippen LogP contribution in [0.5, 0.6) is 0 Å². The van der Waals surface area contributed by atoms with Gasteiger partial charge in [-0.05, 0) is 45.6 Å². The van der Waals surface area contributed by atoms with Crippen LogP contribution in [0.15, 0.2) is 59.2 Å². The Bertz CT molecular complexity index is 835. The number of pyridine rings is 1. The minimum atomic E-state index is -0.345. The van der Waals surface area contributed by atoms with Crippen molar-refractivity contribution in [3.63, 3.8) is 0 Å². The molecule has 0 spiro atoms. The molecule has 1 amide bonds. The zero-order valence-electron chi connectivity index (χ0n) is 10.8. The molecule has 0 saturated heterocycles.